The molecule has 0 aliphatic carbocycles. The fourth-order valence-corrected chi connectivity index (χ4v) is 4.47. The highest BCUT2D eigenvalue weighted by molar-refractivity contribution is 7.89. The molecule has 7 nitrogen and oxygen atoms in total. The first kappa shape index (κ1) is 24.2. The van der Waals surface area contributed by atoms with Gasteiger partial charge >= 0.3 is 0 Å². The Kier molecular flexibility index (Phi) is 7.63. The first-order valence-corrected chi connectivity index (χ1v) is 11.9. The maximum atomic E-state index is 12.8. The fourth-order valence-electron chi connectivity index (χ4n) is 3.35. The van der Waals surface area contributed by atoms with Gasteiger partial charge in [0.15, 0.2) is 0 Å². The molecule has 3 aromatic rings. The van der Waals surface area contributed by atoms with Gasteiger partial charge < -0.3 is 10.6 Å². The first-order valence-electron chi connectivity index (χ1n) is 10.5. The van der Waals surface area contributed by atoms with Gasteiger partial charge in [-0.2, -0.15) is 4.31 Å². The van der Waals surface area contributed by atoms with Gasteiger partial charge in [0, 0.05) is 19.7 Å². The molecule has 2 N–H and O–H groups in total. The predicted molar refractivity (Wildman–Crippen MR) is 129 cm³/mol. The number of rotatable bonds is 8. The molecule has 8 heteroatoms. The van der Waals surface area contributed by atoms with Gasteiger partial charge in [-0.25, -0.2) is 8.42 Å². The maximum absolute atomic E-state index is 12.8. The van der Waals surface area contributed by atoms with Crippen LogP contribution in [0.3, 0.4) is 0 Å². The molecular formula is C25H27N3O4S. The topological polar surface area (TPSA) is 95.6 Å². The third kappa shape index (κ3) is 6.27. The zero-order valence-corrected chi connectivity index (χ0v) is 19.6. The van der Waals surface area contributed by atoms with Crippen LogP contribution in [0.25, 0.3) is 11.1 Å². The Morgan fingerprint density at radius 1 is 0.879 bits per heavy atom. The van der Waals surface area contributed by atoms with E-state index in [4.69, 9.17) is 0 Å². The van der Waals surface area contributed by atoms with E-state index in [1.54, 1.807) is 0 Å². The van der Waals surface area contributed by atoms with Crippen molar-refractivity contribution in [3.05, 3.63) is 84.4 Å². The van der Waals surface area contributed by atoms with Gasteiger partial charge in [-0.3, -0.25) is 9.59 Å². The Morgan fingerprint density at radius 2 is 1.45 bits per heavy atom. The normalized spacial score (nSPS) is 12.2. The molecule has 3 rings (SSSR count). The van der Waals surface area contributed by atoms with Crippen molar-refractivity contribution in [2.45, 2.75) is 24.8 Å². The van der Waals surface area contributed by atoms with Crippen molar-refractivity contribution in [1.82, 2.24) is 9.62 Å². The highest BCUT2D eigenvalue weighted by atomic mass is 32.2. The molecule has 2 amide bonds. The number of anilines is 1. The van der Waals surface area contributed by atoms with Crippen molar-refractivity contribution in [1.29, 1.82) is 0 Å². The highest BCUT2D eigenvalue weighted by Crippen LogP contribution is 2.22. The molecule has 0 bridgehead atoms. The lowest BCUT2D eigenvalue weighted by molar-refractivity contribution is -0.121. The smallest absolute Gasteiger partial charge is 0.243 e. The number of carbonyl (C=O) groups is 2. The quantitative estimate of drug-likeness (QED) is 0.529. The van der Waals surface area contributed by atoms with Crippen LogP contribution in [0, 0.1) is 0 Å². The average molecular weight is 466 g/mol. The number of hydrogen-bond donors (Lipinski definition) is 2. The van der Waals surface area contributed by atoms with E-state index in [2.05, 4.69) is 10.6 Å². The Hall–Kier alpha value is -3.49. The van der Waals surface area contributed by atoms with Crippen LogP contribution in [0.1, 0.15) is 25.5 Å². The van der Waals surface area contributed by atoms with Crippen molar-refractivity contribution in [3.8, 4) is 11.1 Å². The summed E-state index contributed by atoms with van der Waals surface area (Å²) in [7, 11) is -2.50. The number of likely N-dealkylation sites (N-methyl/N-ethyl adjacent to an activating group) is 1. The van der Waals surface area contributed by atoms with E-state index in [0.717, 1.165) is 21.0 Å². The van der Waals surface area contributed by atoms with Crippen molar-refractivity contribution in [2.24, 2.45) is 0 Å². The second-order valence-electron chi connectivity index (χ2n) is 7.74. The molecule has 0 unspecified atom stereocenters. The zero-order chi connectivity index (χ0) is 24.0. The lowest BCUT2D eigenvalue weighted by atomic mass is 10.0. The Morgan fingerprint density at radius 3 is 2.03 bits per heavy atom. The standard InChI is InChI=1S/C25H27N3O4S/c1-18(20-9-11-22(12-10-20)21-7-5-4-6-8-21)26-25(30)17-28(3)33(31,32)24-15-13-23(14-16-24)27-19(2)29/h4-16,18H,17H2,1-3H3,(H,26,30)(H,27,29)/t18-/m1/s1. The Labute approximate surface area is 194 Å². The lowest BCUT2D eigenvalue weighted by Crippen LogP contribution is -2.39. The second kappa shape index (κ2) is 10.4. The molecule has 0 saturated carbocycles. The van der Waals surface area contributed by atoms with Crippen LogP contribution in [0.5, 0.6) is 0 Å². The van der Waals surface area contributed by atoms with Crippen LogP contribution in [-0.2, 0) is 19.6 Å². The third-order valence-corrected chi connectivity index (χ3v) is 6.96. The monoisotopic (exact) mass is 465 g/mol. The van der Waals surface area contributed by atoms with Crippen molar-refractivity contribution < 1.29 is 18.0 Å². The van der Waals surface area contributed by atoms with Crippen LogP contribution in [-0.4, -0.2) is 38.1 Å². The van der Waals surface area contributed by atoms with Crippen molar-refractivity contribution in [3.63, 3.8) is 0 Å². The Bertz CT molecular complexity index is 1210. The third-order valence-electron chi connectivity index (χ3n) is 5.14. The SMILES string of the molecule is CC(=O)Nc1ccc(S(=O)(=O)N(C)CC(=O)N[C@H](C)c2ccc(-c3ccccc3)cc2)cc1. The van der Waals surface area contributed by atoms with Crippen LogP contribution in [0.4, 0.5) is 5.69 Å². The summed E-state index contributed by atoms with van der Waals surface area (Å²) in [5.41, 5.74) is 3.60. The van der Waals surface area contributed by atoms with E-state index in [9.17, 15) is 18.0 Å². The number of carbonyl (C=O) groups excluding carboxylic acids is 2. The van der Waals surface area contributed by atoms with Gasteiger partial charge in [0.25, 0.3) is 0 Å². The van der Waals surface area contributed by atoms with Gasteiger partial charge in [0.2, 0.25) is 21.8 Å². The largest absolute Gasteiger partial charge is 0.348 e. The molecule has 3 aromatic carbocycles. The van der Waals surface area contributed by atoms with Gasteiger partial charge in [0.05, 0.1) is 17.5 Å². The minimum Gasteiger partial charge on any atom is -0.348 e. The van der Waals surface area contributed by atoms with E-state index < -0.39 is 15.9 Å². The number of benzene rings is 3. The van der Waals surface area contributed by atoms with E-state index in [1.807, 2.05) is 61.5 Å². The number of nitrogens with one attached hydrogen (secondary N) is 2. The van der Waals surface area contributed by atoms with Gasteiger partial charge in [-0.1, -0.05) is 54.6 Å². The van der Waals surface area contributed by atoms with Gasteiger partial charge in [0.1, 0.15) is 0 Å². The average Bonchev–Trinajstić information content (AvgIpc) is 2.79. The summed E-state index contributed by atoms with van der Waals surface area (Å²) in [6.45, 7) is 2.91. The molecule has 172 valence electrons. The minimum absolute atomic E-state index is 0.0384. The summed E-state index contributed by atoms with van der Waals surface area (Å²) >= 11 is 0. The molecule has 0 fully saturated rings. The van der Waals surface area contributed by atoms with E-state index in [0.29, 0.717) is 5.69 Å². The van der Waals surface area contributed by atoms with Crippen molar-refractivity contribution in [2.75, 3.05) is 18.9 Å². The lowest BCUT2D eigenvalue weighted by Gasteiger charge is -2.20. The number of hydrogen-bond acceptors (Lipinski definition) is 4. The van der Waals surface area contributed by atoms with Crippen molar-refractivity contribution >= 4 is 27.5 Å². The fraction of sp³-hybridized carbons (Fsp3) is 0.200. The highest BCUT2D eigenvalue weighted by Gasteiger charge is 2.23. The zero-order valence-electron chi connectivity index (χ0n) is 18.8. The molecule has 0 saturated heterocycles. The predicted octanol–water partition coefficient (Wildman–Crippen LogP) is 3.81. The summed E-state index contributed by atoms with van der Waals surface area (Å²) in [5, 5.41) is 5.43. The summed E-state index contributed by atoms with van der Waals surface area (Å²) in [5.74, 6) is -0.654. The van der Waals surface area contributed by atoms with Crippen LogP contribution < -0.4 is 10.6 Å². The van der Waals surface area contributed by atoms with E-state index >= 15 is 0 Å². The molecule has 1 atom stereocenters. The Balaban J connectivity index is 1.60. The molecular weight excluding hydrogens is 438 g/mol. The molecule has 0 aromatic heterocycles. The van der Waals surface area contributed by atoms with E-state index in [-0.39, 0.29) is 23.4 Å². The summed E-state index contributed by atoms with van der Waals surface area (Å²) < 4.78 is 26.6. The summed E-state index contributed by atoms with van der Waals surface area (Å²) in [6.07, 6.45) is 0. The number of amides is 2. The minimum atomic E-state index is -3.86. The van der Waals surface area contributed by atoms with E-state index in [1.165, 1.54) is 38.2 Å². The second-order valence-corrected chi connectivity index (χ2v) is 9.79. The first-order chi connectivity index (χ1) is 15.7. The molecule has 0 spiro atoms. The van der Waals surface area contributed by atoms with Gasteiger partial charge in [-0.05, 0) is 47.9 Å². The molecule has 0 radical (unpaired) electrons. The molecule has 0 aliphatic heterocycles. The van der Waals surface area contributed by atoms with Gasteiger partial charge in [-0.15, -0.1) is 0 Å². The van der Waals surface area contributed by atoms with Crippen LogP contribution >= 0.6 is 0 Å². The molecule has 0 aliphatic rings. The van der Waals surface area contributed by atoms with Crippen LogP contribution in [0.2, 0.25) is 0 Å². The van der Waals surface area contributed by atoms with Crippen LogP contribution in [0.15, 0.2) is 83.8 Å². The molecule has 0 heterocycles. The summed E-state index contributed by atoms with van der Waals surface area (Å²) in [6, 6.07) is 23.4. The maximum Gasteiger partial charge on any atom is 0.243 e. The number of nitrogens with zero attached hydrogens (tertiary/aromatic N) is 1. The summed E-state index contributed by atoms with van der Waals surface area (Å²) in [4.78, 5) is 23.7. The number of sulfonamides is 1. The molecule has 33 heavy (non-hydrogen) atoms.